The standard InChI is InChI=1S/C15H21NO4S/c1-2-21(19,20)14-10-6-5-9-13(14)16(11-15(17)18)12-7-3-4-8-12/h5-6,9-10,12H,2-4,7-8,11H2,1H3,(H,17,18). The van der Waals surface area contributed by atoms with Gasteiger partial charge in [-0.2, -0.15) is 0 Å². The van der Waals surface area contributed by atoms with Gasteiger partial charge in [-0.1, -0.05) is 31.9 Å². The summed E-state index contributed by atoms with van der Waals surface area (Å²) in [5.74, 6) is -0.930. The highest BCUT2D eigenvalue weighted by Gasteiger charge is 2.28. The van der Waals surface area contributed by atoms with Crippen molar-refractivity contribution in [2.45, 2.75) is 43.5 Å². The van der Waals surface area contributed by atoms with Crippen LogP contribution in [0.15, 0.2) is 29.2 Å². The summed E-state index contributed by atoms with van der Waals surface area (Å²) in [6, 6.07) is 6.82. The fourth-order valence-corrected chi connectivity index (χ4v) is 3.99. The van der Waals surface area contributed by atoms with E-state index in [0.717, 1.165) is 25.7 Å². The third-order valence-electron chi connectivity index (χ3n) is 3.96. The Morgan fingerprint density at radius 1 is 1.29 bits per heavy atom. The molecule has 1 aromatic rings. The minimum atomic E-state index is -3.37. The summed E-state index contributed by atoms with van der Waals surface area (Å²) in [4.78, 5) is 13.2. The molecule has 0 atom stereocenters. The van der Waals surface area contributed by atoms with E-state index in [9.17, 15) is 13.2 Å². The SMILES string of the molecule is CCS(=O)(=O)c1ccccc1N(CC(=O)O)C1CCCC1. The molecule has 0 spiro atoms. The lowest BCUT2D eigenvalue weighted by atomic mass is 10.1. The molecule has 0 bridgehead atoms. The summed E-state index contributed by atoms with van der Waals surface area (Å²) >= 11 is 0. The van der Waals surface area contributed by atoms with Crippen molar-refractivity contribution in [1.29, 1.82) is 0 Å². The quantitative estimate of drug-likeness (QED) is 0.872. The average Bonchev–Trinajstić information content (AvgIpc) is 2.98. The lowest BCUT2D eigenvalue weighted by Crippen LogP contribution is -2.38. The molecule has 1 aliphatic rings. The van der Waals surface area contributed by atoms with Gasteiger partial charge in [0.15, 0.2) is 9.84 Å². The smallest absolute Gasteiger partial charge is 0.323 e. The molecule has 0 heterocycles. The molecule has 6 heteroatoms. The summed E-state index contributed by atoms with van der Waals surface area (Å²) in [5.41, 5.74) is 0.522. The fourth-order valence-electron chi connectivity index (χ4n) is 2.89. The number of aliphatic carboxylic acids is 1. The molecule has 1 saturated carbocycles. The Morgan fingerprint density at radius 2 is 1.90 bits per heavy atom. The van der Waals surface area contributed by atoms with Gasteiger partial charge in [-0.3, -0.25) is 4.79 Å². The molecule has 1 fully saturated rings. The summed E-state index contributed by atoms with van der Waals surface area (Å²) < 4.78 is 24.5. The zero-order valence-corrected chi connectivity index (χ0v) is 13.0. The van der Waals surface area contributed by atoms with Crippen LogP contribution in [0.5, 0.6) is 0 Å². The minimum Gasteiger partial charge on any atom is -0.480 e. The van der Waals surface area contributed by atoms with E-state index in [1.54, 1.807) is 36.1 Å². The molecule has 5 nitrogen and oxygen atoms in total. The molecule has 0 saturated heterocycles. The number of carboxylic acid groups (broad SMARTS) is 1. The molecule has 2 rings (SSSR count). The molecular formula is C15H21NO4S. The maximum absolute atomic E-state index is 12.3. The molecule has 1 aliphatic carbocycles. The van der Waals surface area contributed by atoms with Crippen molar-refractivity contribution in [1.82, 2.24) is 0 Å². The first-order chi connectivity index (χ1) is 9.95. The van der Waals surface area contributed by atoms with Crippen molar-refractivity contribution < 1.29 is 18.3 Å². The minimum absolute atomic E-state index is 0.00952. The number of carbonyl (C=O) groups is 1. The normalized spacial score (nSPS) is 16.0. The van der Waals surface area contributed by atoms with E-state index in [2.05, 4.69) is 0 Å². The summed E-state index contributed by atoms with van der Waals surface area (Å²) in [5, 5.41) is 9.17. The van der Waals surface area contributed by atoms with Crippen molar-refractivity contribution in [3.8, 4) is 0 Å². The number of carboxylic acids is 1. The highest BCUT2D eigenvalue weighted by atomic mass is 32.2. The number of hydrogen-bond acceptors (Lipinski definition) is 4. The van der Waals surface area contributed by atoms with Gasteiger partial charge in [-0.05, 0) is 25.0 Å². The van der Waals surface area contributed by atoms with Crippen LogP contribution in [0.2, 0.25) is 0 Å². The van der Waals surface area contributed by atoms with Gasteiger partial charge < -0.3 is 10.0 Å². The lowest BCUT2D eigenvalue weighted by molar-refractivity contribution is -0.135. The third kappa shape index (κ3) is 3.56. The molecule has 1 aromatic carbocycles. The van der Waals surface area contributed by atoms with Crippen LogP contribution in [0, 0.1) is 0 Å². The van der Waals surface area contributed by atoms with Crippen LogP contribution in [0.1, 0.15) is 32.6 Å². The van der Waals surface area contributed by atoms with Crippen LogP contribution >= 0.6 is 0 Å². The molecule has 1 N–H and O–H groups in total. The van der Waals surface area contributed by atoms with Crippen LogP contribution in [0.3, 0.4) is 0 Å². The van der Waals surface area contributed by atoms with E-state index in [4.69, 9.17) is 5.11 Å². The fraction of sp³-hybridized carbons (Fsp3) is 0.533. The number of sulfone groups is 1. The largest absolute Gasteiger partial charge is 0.480 e. The molecule has 0 radical (unpaired) electrons. The van der Waals surface area contributed by atoms with Gasteiger partial charge in [-0.15, -0.1) is 0 Å². The first-order valence-corrected chi connectivity index (χ1v) is 8.91. The van der Waals surface area contributed by atoms with Crippen molar-refractivity contribution >= 4 is 21.5 Å². The average molecular weight is 311 g/mol. The van der Waals surface area contributed by atoms with Gasteiger partial charge in [0.25, 0.3) is 0 Å². The van der Waals surface area contributed by atoms with E-state index in [1.807, 2.05) is 0 Å². The van der Waals surface area contributed by atoms with Crippen LogP contribution < -0.4 is 4.90 Å². The van der Waals surface area contributed by atoms with Crippen molar-refractivity contribution in [2.75, 3.05) is 17.2 Å². The van der Waals surface area contributed by atoms with Gasteiger partial charge in [0.05, 0.1) is 16.3 Å². The van der Waals surface area contributed by atoms with Gasteiger partial charge >= 0.3 is 5.97 Å². The Kier molecular flexibility index (Phi) is 4.88. The number of benzene rings is 1. The van der Waals surface area contributed by atoms with E-state index in [0.29, 0.717) is 5.69 Å². The molecular weight excluding hydrogens is 290 g/mol. The molecule has 0 unspecified atom stereocenters. The summed E-state index contributed by atoms with van der Waals surface area (Å²) in [6.07, 6.45) is 3.94. The predicted octanol–water partition coefficient (Wildman–Crippen LogP) is 2.31. The van der Waals surface area contributed by atoms with Crippen LogP contribution in [0.25, 0.3) is 0 Å². The second-order valence-corrected chi connectivity index (χ2v) is 7.58. The first kappa shape index (κ1) is 15.8. The van der Waals surface area contributed by atoms with E-state index < -0.39 is 15.8 Å². The lowest BCUT2D eigenvalue weighted by Gasteiger charge is -2.31. The number of hydrogen-bond donors (Lipinski definition) is 1. The van der Waals surface area contributed by atoms with Crippen molar-refractivity contribution in [3.63, 3.8) is 0 Å². The van der Waals surface area contributed by atoms with E-state index in [-0.39, 0.29) is 23.2 Å². The van der Waals surface area contributed by atoms with E-state index in [1.165, 1.54) is 0 Å². The zero-order chi connectivity index (χ0) is 15.5. The summed E-state index contributed by atoms with van der Waals surface area (Å²) in [6.45, 7) is 1.43. The molecule has 0 amide bonds. The van der Waals surface area contributed by atoms with Gasteiger partial charge in [0, 0.05) is 6.04 Å². The zero-order valence-electron chi connectivity index (χ0n) is 12.2. The Bertz CT molecular complexity index is 606. The Labute approximate surface area is 125 Å². The monoisotopic (exact) mass is 311 g/mol. The maximum Gasteiger partial charge on any atom is 0.323 e. The number of rotatable bonds is 6. The van der Waals surface area contributed by atoms with Gasteiger partial charge in [0.1, 0.15) is 6.54 Å². The second-order valence-electron chi connectivity index (χ2n) is 5.33. The second kappa shape index (κ2) is 6.47. The maximum atomic E-state index is 12.3. The first-order valence-electron chi connectivity index (χ1n) is 7.26. The predicted molar refractivity (Wildman–Crippen MR) is 81.4 cm³/mol. The Morgan fingerprint density at radius 3 is 2.48 bits per heavy atom. The highest BCUT2D eigenvalue weighted by molar-refractivity contribution is 7.91. The molecule has 0 aliphatic heterocycles. The number of anilines is 1. The Hall–Kier alpha value is -1.56. The topological polar surface area (TPSA) is 74.7 Å². The molecule has 0 aromatic heterocycles. The Balaban J connectivity index is 2.47. The van der Waals surface area contributed by atoms with Gasteiger partial charge in [0.2, 0.25) is 0 Å². The number of para-hydroxylation sites is 1. The molecule has 21 heavy (non-hydrogen) atoms. The van der Waals surface area contributed by atoms with Crippen LogP contribution in [-0.4, -0.2) is 37.8 Å². The highest BCUT2D eigenvalue weighted by Crippen LogP contribution is 2.32. The molecule has 116 valence electrons. The van der Waals surface area contributed by atoms with Crippen LogP contribution in [-0.2, 0) is 14.6 Å². The third-order valence-corrected chi connectivity index (χ3v) is 5.74. The van der Waals surface area contributed by atoms with Crippen LogP contribution in [0.4, 0.5) is 5.69 Å². The number of nitrogens with zero attached hydrogens (tertiary/aromatic N) is 1. The summed E-state index contributed by atoms with van der Waals surface area (Å²) in [7, 11) is -3.37. The van der Waals surface area contributed by atoms with E-state index >= 15 is 0 Å². The van der Waals surface area contributed by atoms with Crippen molar-refractivity contribution in [3.05, 3.63) is 24.3 Å². The van der Waals surface area contributed by atoms with Crippen molar-refractivity contribution in [2.24, 2.45) is 0 Å². The van der Waals surface area contributed by atoms with Gasteiger partial charge in [-0.25, -0.2) is 8.42 Å².